The average Bonchev–Trinajstić information content (AvgIpc) is 3.01. The van der Waals surface area contributed by atoms with Crippen molar-refractivity contribution >= 4 is 17.2 Å². The molecule has 0 radical (unpaired) electrons. The summed E-state index contributed by atoms with van der Waals surface area (Å²) in [6, 6.07) is 41.6. The van der Waals surface area contributed by atoms with Crippen LogP contribution in [0, 0.1) is 5.41 Å². The Morgan fingerprint density at radius 1 is 0.400 bits per heavy atom. The molecule has 9 nitrogen and oxygen atoms in total. The number of rotatable bonds is 8. The average molecular weight is 591 g/mol. The lowest BCUT2D eigenvalue weighted by atomic mass is 9.93. The normalized spacial score (nSPS) is 10.4. The Morgan fingerprint density at radius 2 is 0.600 bits per heavy atom. The minimum absolute atomic E-state index is 0.406. The molecular formula is C29H36O9P2. The van der Waals surface area contributed by atoms with Crippen molar-refractivity contribution < 1.29 is 44.3 Å². The summed E-state index contributed by atoms with van der Waals surface area (Å²) < 4.78 is 3.60. The molecule has 4 aromatic carbocycles. The highest BCUT2D eigenvalue weighted by atomic mass is 31.2. The van der Waals surface area contributed by atoms with Crippen LogP contribution in [0.5, 0.6) is 0 Å². The summed E-state index contributed by atoms with van der Waals surface area (Å²) in [7, 11) is -5.22. The molecule has 11 heteroatoms. The molecule has 40 heavy (non-hydrogen) atoms. The first-order valence-electron chi connectivity index (χ1n) is 12.0. The molecule has 0 aromatic heterocycles. The summed E-state index contributed by atoms with van der Waals surface area (Å²) in [5, 5.41) is 34.0. The molecule has 0 saturated carbocycles. The molecule has 4 rings (SSSR count). The summed E-state index contributed by atoms with van der Waals surface area (Å²) in [4.78, 5) is 31.3. The molecular weight excluding hydrogens is 554 g/mol. The van der Waals surface area contributed by atoms with E-state index < -0.39 is 49.0 Å². The van der Waals surface area contributed by atoms with Gasteiger partial charge in [0, 0.05) is 0 Å². The third-order valence-electron chi connectivity index (χ3n) is 5.25. The fraction of sp³-hybridized carbons (Fsp3) is 0.172. The monoisotopic (exact) mass is 590 g/mol. The Balaban J connectivity index is 0.000000274. The van der Waals surface area contributed by atoms with Gasteiger partial charge in [0.25, 0.3) is 0 Å². The third-order valence-corrected chi connectivity index (χ3v) is 6.42. The molecule has 0 amide bonds. The van der Waals surface area contributed by atoms with E-state index in [0.29, 0.717) is 0 Å². The molecule has 8 N–H and O–H groups in total. The maximum atomic E-state index is 8.50. The van der Waals surface area contributed by atoms with E-state index in [1.807, 2.05) is 24.3 Å². The van der Waals surface area contributed by atoms with Crippen LogP contribution in [0.1, 0.15) is 0 Å². The van der Waals surface area contributed by atoms with Crippen LogP contribution in [0.3, 0.4) is 0 Å². The van der Waals surface area contributed by atoms with Crippen LogP contribution in [0.2, 0.25) is 0 Å². The Labute approximate surface area is 236 Å². The fourth-order valence-electron chi connectivity index (χ4n) is 2.89. The van der Waals surface area contributed by atoms with E-state index >= 15 is 0 Å². The zero-order valence-corrected chi connectivity index (χ0v) is 23.5. The van der Waals surface area contributed by atoms with Crippen molar-refractivity contribution in [1.29, 1.82) is 0 Å². The summed E-state index contributed by atoms with van der Waals surface area (Å²) in [6.45, 7) is -1.62. The molecule has 4 aromatic rings. The Hall–Kier alpha value is -2.62. The highest BCUT2D eigenvalue weighted by Gasteiger charge is 2.26. The van der Waals surface area contributed by atoms with Crippen molar-refractivity contribution in [3.8, 4) is 22.3 Å². The van der Waals surface area contributed by atoms with E-state index in [-0.39, 0.29) is 0 Å². The number of aliphatic hydroxyl groups is 4. The summed E-state index contributed by atoms with van der Waals surface area (Å²) in [5.74, 6) is 0. The largest absolute Gasteiger partial charge is 0.396 e. The zero-order valence-electron chi connectivity index (χ0n) is 21.8. The smallest absolute Gasteiger partial charge is 0.334 e. The minimum Gasteiger partial charge on any atom is -0.396 e. The summed E-state index contributed by atoms with van der Waals surface area (Å²) >= 11 is 0. The van der Waals surface area contributed by atoms with Gasteiger partial charge < -0.3 is 40.0 Å². The van der Waals surface area contributed by atoms with Gasteiger partial charge in [-0.2, -0.15) is 0 Å². The van der Waals surface area contributed by atoms with Gasteiger partial charge in [0.05, 0.1) is 31.8 Å². The van der Waals surface area contributed by atoms with Crippen LogP contribution in [0.4, 0.5) is 0 Å². The molecule has 0 aliphatic heterocycles. The van der Waals surface area contributed by atoms with Gasteiger partial charge in [-0.3, -0.25) is 0 Å². The first-order chi connectivity index (χ1) is 19.3. The number of hydrogen-bond acceptors (Lipinski definition) is 9. The molecule has 0 bridgehead atoms. The van der Waals surface area contributed by atoms with Crippen molar-refractivity contribution in [2.45, 2.75) is 0 Å². The second-order valence-electron chi connectivity index (χ2n) is 8.18. The number of hydrogen-bond donors (Lipinski definition) is 8. The maximum Gasteiger partial charge on any atom is 0.334 e. The molecule has 0 unspecified atom stereocenters. The highest BCUT2D eigenvalue weighted by Crippen LogP contribution is 2.41. The standard InChI is InChI=1S/2C12H10.C5H12O4.H4O5P2/c2*1-3-7-11(8-4-1)12-9-5-2-6-10-12;6-1-5(2-7,3-8)4-9;1-6(2)5-7(3)4/h2*1-10H;6-9H,1-4H2;1-4H. The lowest BCUT2D eigenvalue weighted by Crippen LogP contribution is -2.37. The Morgan fingerprint density at radius 3 is 0.700 bits per heavy atom. The van der Waals surface area contributed by atoms with Crippen molar-refractivity contribution in [2.75, 3.05) is 26.4 Å². The first-order valence-corrected chi connectivity index (χ1v) is 14.3. The van der Waals surface area contributed by atoms with Crippen LogP contribution in [0.25, 0.3) is 22.3 Å². The molecule has 0 aliphatic carbocycles. The Kier molecular flexibility index (Phi) is 18.7. The van der Waals surface area contributed by atoms with Gasteiger partial charge in [-0.1, -0.05) is 121 Å². The first kappa shape index (κ1) is 35.4. The lowest BCUT2D eigenvalue weighted by Gasteiger charge is -2.23. The van der Waals surface area contributed by atoms with E-state index in [0.717, 1.165) is 0 Å². The quantitative estimate of drug-likeness (QED) is 0.141. The predicted molar refractivity (Wildman–Crippen MR) is 158 cm³/mol. The fourth-order valence-corrected chi connectivity index (χ4v) is 3.41. The molecule has 0 heterocycles. The van der Waals surface area contributed by atoms with E-state index in [1.165, 1.54) is 22.3 Å². The molecule has 0 saturated heterocycles. The molecule has 0 spiro atoms. The van der Waals surface area contributed by atoms with E-state index in [1.54, 1.807) is 0 Å². The van der Waals surface area contributed by atoms with Crippen molar-refractivity contribution in [3.05, 3.63) is 121 Å². The van der Waals surface area contributed by atoms with Crippen molar-refractivity contribution in [3.63, 3.8) is 0 Å². The van der Waals surface area contributed by atoms with Crippen molar-refractivity contribution in [1.82, 2.24) is 0 Å². The van der Waals surface area contributed by atoms with E-state index in [4.69, 9.17) is 40.0 Å². The van der Waals surface area contributed by atoms with Crippen LogP contribution >= 0.6 is 17.2 Å². The maximum absolute atomic E-state index is 8.50. The Bertz CT molecular complexity index is 944. The molecule has 0 fully saturated rings. The van der Waals surface area contributed by atoms with Gasteiger partial charge in [-0.25, -0.2) is 4.31 Å². The number of benzene rings is 4. The van der Waals surface area contributed by atoms with E-state index in [2.05, 4.69) is 101 Å². The minimum atomic E-state index is -2.61. The van der Waals surface area contributed by atoms with Gasteiger partial charge in [0.1, 0.15) is 0 Å². The predicted octanol–water partition coefficient (Wildman–Crippen LogP) is 4.08. The molecule has 0 aliphatic rings. The molecule has 216 valence electrons. The zero-order chi connectivity index (χ0) is 29.6. The van der Waals surface area contributed by atoms with Crippen LogP contribution in [-0.2, 0) is 4.31 Å². The molecule has 0 atom stereocenters. The highest BCUT2D eigenvalue weighted by molar-refractivity contribution is 7.53. The summed E-state index contributed by atoms with van der Waals surface area (Å²) in [6.07, 6.45) is 0. The van der Waals surface area contributed by atoms with Gasteiger partial charge in [-0.15, -0.1) is 0 Å². The van der Waals surface area contributed by atoms with E-state index in [9.17, 15) is 0 Å². The topological polar surface area (TPSA) is 171 Å². The van der Waals surface area contributed by atoms with Crippen LogP contribution < -0.4 is 0 Å². The number of aliphatic hydroxyl groups excluding tert-OH is 4. The lowest BCUT2D eigenvalue weighted by molar-refractivity contribution is -0.0328. The van der Waals surface area contributed by atoms with Crippen LogP contribution in [0.15, 0.2) is 121 Å². The van der Waals surface area contributed by atoms with Crippen LogP contribution in [-0.4, -0.2) is 66.4 Å². The van der Waals surface area contributed by atoms with Gasteiger partial charge >= 0.3 is 17.2 Å². The van der Waals surface area contributed by atoms with Gasteiger partial charge in [0.2, 0.25) is 0 Å². The summed E-state index contributed by atoms with van der Waals surface area (Å²) in [5.41, 5.74) is 3.99. The third kappa shape index (κ3) is 14.7. The van der Waals surface area contributed by atoms with Gasteiger partial charge in [0.15, 0.2) is 0 Å². The van der Waals surface area contributed by atoms with Gasteiger partial charge in [-0.05, 0) is 22.3 Å². The van der Waals surface area contributed by atoms with Crippen molar-refractivity contribution in [2.24, 2.45) is 5.41 Å². The second-order valence-corrected chi connectivity index (χ2v) is 9.85. The second kappa shape index (κ2) is 21.2. The SMILES string of the molecule is OCC(CO)(CO)CO.OP(O)OP(O)O.c1ccc(-c2ccccc2)cc1.c1ccc(-c2ccccc2)cc1.